The summed E-state index contributed by atoms with van der Waals surface area (Å²) in [5, 5.41) is 0.897. The Morgan fingerprint density at radius 2 is 2.05 bits per heavy atom. The molecule has 1 heterocycles. The minimum atomic E-state index is -0.0810. The zero-order valence-electron chi connectivity index (χ0n) is 12.9. The summed E-state index contributed by atoms with van der Waals surface area (Å²) < 4.78 is 10.5. The third-order valence-electron chi connectivity index (χ3n) is 3.07. The van der Waals surface area contributed by atoms with E-state index in [1.54, 1.807) is 14.2 Å². The van der Waals surface area contributed by atoms with Crippen LogP contribution in [0.3, 0.4) is 0 Å². The normalized spacial score (nSPS) is 10.9. The lowest BCUT2D eigenvalue weighted by Crippen LogP contribution is -2.26. The number of rotatable bonds is 8. The number of nitrogens with zero attached hydrogens (tertiary/aromatic N) is 1. The van der Waals surface area contributed by atoms with Crippen molar-refractivity contribution in [1.29, 1.82) is 0 Å². The van der Waals surface area contributed by atoms with Gasteiger partial charge in [0.1, 0.15) is 5.00 Å². The van der Waals surface area contributed by atoms with Gasteiger partial charge in [-0.3, -0.25) is 4.79 Å². The minimum absolute atomic E-state index is 0.0554. The van der Waals surface area contributed by atoms with Crippen molar-refractivity contribution in [2.24, 2.45) is 5.92 Å². The molecule has 0 fully saturated rings. The van der Waals surface area contributed by atoms with Crippen molar-refractivity contribution in [3.63, 3.8) is 0 Å². The predicted octanol–water partition coefficient (Wildman–Crippen LogP) is 2.65. The van der Waals surface area contributed by atoms with Crippen molar-refractivity contribution in [2.75, 3.05) is 44.5 Å². The maximum absolute atomic E-state index is 12.2. The van der Waals surface area contributed by atoms with Gasteiger partial charge in [0.15, 0.2) is 11.5 Å². The van der Waals surface area contributed by atoms with Crippen LogP contribution in [0.4, 0.5) is 10.7 Å². The Morgan fingerprint density at radius 3 is 2.50 bits per heavy atom. The highest BCUT2D eigenvalue weighted by Crippen LogP contribution is 2.45. The van der Waals surface area contributed by atoms with Crippen LogP contribution in [0.1, 0.15) is 30.4 Å². The summed E-state index contributed by atoms with van der Waals surface area (Å²) in [4.78, 5) is 14.9. The molecule has 0 saturated heterocycles. The number of ketones is 1. The van der Waals surface area contributed by atoms with Gasteiger partial charge in [0.25, 0.3) is 0 Å². The molecule has 1 aromatic heterocycles. The average Bonchev–Trinajstić information content (AvgIpc) is 2.75. The fourth-order valence-corrected chi connectivity index (χ4v) is 3.24. The molecular weight excluding hydrogens is 276 g/mol. The second-order valence-electron chi connectivity index (χ2n) is 4.77. The molecule has 0 aliphatic carbocycles. The molecule has 0 radical (unpaired) electrons. The molecule has 6 heteroatoms. The molecule has 1 rings (SSSR count). The fourth-order valence-electron chi connectivity index (χ4n) is 1.87. The van der Waals surface area contributed by atoms with Crippen LogP contribution in [0.25, 0.3) is 0 Å². The molecule has 20 heavy (non-hydrogen) atoms. The predicted molar refractivity (Wildman–Crippen MR) is 84.2 cm³/mol. The highest BCUT2D eigenvalue weighted by molar-refractivity contribution is 7.19. The summed E-state index contributed by atoms with van der Waals surface area (Å²) in [7, 11) is 3.25. The van der Waals surface area contributed by atoms with Gasteiger partial charge < -0.3 is 20.1 Å². The van der Waals surface area contributed by atoms with Crippen molar-refractivity contribution in [3.8, 4) is 5.75 Å². The van der Waals surface area contributed by atoms with Crippen molar-refractivity contribution < 1.29 is 14.3 Å². The summed E-state index contributed by atoms with van der Waals surface area (Å²) >= 11 is 1.40. The summed E-state index contributed by atoms with van der Waals surface area (Å²) in [6.45, 7) is 7.94. The molecule has 1 aromatic rings. The van der Waals surface area contributed by atoms with Gasteiger partial charge in [0, 0.05) is 26.1 Å². The Balaban J connectivity index is 3.18. The van der Waals surface area contributed by atoms with Gasteiger partial charge in [0.05, 0.1) is 24.3 Å². The van der Waals surface area contributed by atoms with Crippen LogP contribution in [0.2, 0.25) is 0 Å². The first kappa shape index (κ1) is 16.8. The number of anilines is 2. The maximum Gasteiger partial charge on any atom is 0.177 e. The van der Waals surface area contributed by atoms with Gasteiger partial charge >= 0.3 is 0 Å². The van der Waals surface area contributed by atoms with Crippen LogP contribution in [-0.2, 0) is 4.74 Å². The minimum Gasteiger partial charge on any atom is -0.492 e. The largest absolute Gasteiger partial charge is 0.492 e. The van der Waals surface area contributed by atoms with Crippen molar-refractivity contribution in [1.82, 2.24) is 0 Å². The number of ether oxygens (including phenoxy) is 2. The molecular formula is C14H24N2O3S. The lowest BCUT2D eigenvalue weighted by atomic mass is 10.1. The molecule has 0 amide bonds. The highest BCUT2D eigenvalue weighted by Gasteiger charge is 2.25. The van der Waals surface area contributed by atoms with Gasteiger partial charge in [-0.1, -0.05) is 13.8 Å². The zero-order valence-corrected chi connectivity index (χ0v) is 13.7. The van der Waals surface area contributed by atoms with Gasteiger partial charge in [-0.25, -0.2) is 0 Å². The fraction of sp³-hybridized carbons (Fsp3) is 0.643. The Bertz CT molecular complexity index is 458. The van der Waals surface area contributed by atoms with Crippen molar-refractivity contribution >= 4 is 27.8 Å². The summed E-state index contributed by atoms with van der Waals surface area (Å²) in [6.07, 6.45) is 0. The molecule has 0 aromatic carbocycles. The molecule has 0 bridgehead atoms. The van der Waals surface area contributed by atoms with Gasteiger partial charge in [-0.05, 0) is 6.92 Å². The summed E-state index contributed by atoms with van der Waals surface area (Å²) in [6, 6.07) is 0. The average molecular weight is 300 g/mol. The SMILES string of the molecule is CCN(CCOC)c1sc(C(=O)C(C)C)c(N)c1OC. The number of thiophene rings is 1. The molecule has 0 aliphatic rings. The first-order chi connectivity index (χ1) is 9.47. The number of carbonyl (C=O) groups excluding carboxylic acids is 1. The Kier molecular flexibility index (Phi) is 6.29. The van der Waals surface area contributed by atoms with Crippen LogP contribution in [0.5, 0.6) is 5.75 Å². The molecule has 5 nitrogen and oxygen atoms in total. The lowest BCUT2D eigenvalue weighted by molar-refractivity contribution is 0.0944. The van der Waals surface area contributed by atoms with Crippen LogP contribution in [0, 0.1) is 5.92 Å². The van der Waals surface area contributed by atoms with Crippen molar-refractivity contribution in [2.45, 2.75) is 20.8 Å². The van der Waals surface area contributed by atoms with E-state index >= 15 is 0 Å². The maximum atomic E-state index is 12.2. The number of hydrogen-bond donors (Lipinski definition) is 1. The number of hydrogen-bond acceptors (Lipinski definition) is 6. The third kappa shape index (κ3) is 3.43. The smallest absolute Gasteiger partial charge is 0.177 e. The van der Waals surface area contributed by atoms with E-state index in [-0.39, 0.29) is 11.7 Å². The zero-order chi connectivity index (χ0) is 15.3. The van der Waals surface area contributed by atoms with Gasteiger partial charge in [-0.15, -0.1) is 11.3 Å². The number of carbonyl (C=O) groups is 1. The van der Waals surface area contributed by atoms with E-state index < -0.39 is 0 Å². The number of nitrogen functional groups attached to an aromatic ring is 1. The molecule has 0 unspecified atom stereocenters. The van der Waals surface area contributed by atoms with E-state index in [4.69, 9.17) is 15.2 Å². The Hall–Kier alpha value is -1.27. The van der Waals surface area contributed by atoms with Crippen molar-refractivity contribution in [3.05, 3.63) is 4.88 Å². The highest BCUT2D eigenvalue weighted by atomic mass is 32.1. The number of nitrogens with two attached hydrogens (primary N) is 1. The Labute approximate surface area is 124 Å². The monoisotopic (exact) mass is 300 g/mol. The number of methoxy groups -OCH3 is 2. The first-order valence-corrected chi connectivity index (χ1v) is 7.53. The van der Waals surface area contributed by atoms with E-state index in [9.17, 15) is 4.79 Å². The number of Topliss-reactive ketones (excluding diaryl/α,β-unsaturated/α-hetero) is 1. The quantitative estimate of drug-likeness (QED) is 0.748. The Morgan fingerprint density at radius 1 is 1.40 bits per heavy atom. The first-order valence-electron chi connectivity index (χ1n) is 6.72. The van der Waals surface area contributed by atoms with E-state index in [2.05, 4.69) is 11.8 Å². The molecule has 0 atom stereocenters. The third-order valence-corrected chi connectivity index (χ3v) is 4.33. The summed E-state index contributed by atoms with van der Waals surface area (Å²) in [5.41, 5.74) is 6.53. The molecule has 0 aliphatic heterocycles. The molecule has 114 valence electrons. The second-order valence-corrected chi connectivity index (χ2v) is 5.77. The van der Waals surface area contributed by atoms with Crippen LogP contribution < -0.4 is 15.4 Å². The van der Waals surface area contributed by atoms with Gasteiger partial charge in [-0.2, -0.15) is 0 Å². The standard InChI is InChI=1S/C14H24N2O3S/c1-6-16(7-8-18-4)14-12(19-5)10(15)13(20-14)11(17)9(2)3/h9H,6-8,15H2,1-5H3. The van der Waals surface area contributed by atoms with E-state index in [0.717, 1.165) is 18.1 Å². The molecule has 2 N–H and O–H groups in total. The van der Waals surface area contributed by atoms with Crippen LogP contribution in [-0.4, -0.2) is 39.7 Å². The number of likely N-dealkylation sites (N-methyl/N-ethyl adjacent to an activating group) is 1. The topological polar surface area (TPSA) is 64.8 Å². The molecule has 0 saturated carbocycles. The van der Waals surface area contributed by atoms with Crippen LogP contribution in [0.15, 0.2) is 0 Å². The van der Waals surface area contributed by atoms with E-state index in [1.807, 2.05) is 13.8 Å². The van der Waals surface area contributed by atoms with Crippen LogP contribution >= 0.6 is 11.3 Å². The molecule has 0 spiro atoms. The second kappa shape index (κ2) is 7.50. The van der Waals surface area contributed by atoms with E-state index in [0.29, 0.717) is 22.9 Å². The van der Waals surface area contributed by atoms with E-state index in [1.165, 1.54) is 11.3 Å². The van der Waals surface area contributed by atoms with Gasteiger partial charge in [0.2, 0.25) is 0 Å². The lowest BCUT2D eigenvalue weighted by Gasteiger charge is -2.21. The summed E-state index contributed by atoms with van der Waals surface area (Å²) in [5.74, 6) is 0.569.